The molecule has 1 fully saturated rings. The third-order valence-corrected chi connectivity index (χ3v) is 6.37. The predicted molar refractivity (Wildman–Crippen MR) is 131 cm³/mol. The Morgan fingerprint density at radius 1 is 0.938 bits per heavy atom. The fourth-order valence-corrected chi connectivity index (χ4v) is 4.74. The number of hydrogen-bond acceptors (Lipinski definition) is 5. The summed E-state index contributed by atoms with van der Waals surface area (Å²) in [5, 5.41) is 6.60. The molecule has 1 heterocycles. The first-order chi connectivity index (χ1) is 15.4. The minimum absolute atomic E-state index is 0.156. The van der Waals surface area contributed by atoms with Gasteiger partial charge in [0.25, 0.3) is 0 Å². The molecule has 0 radical (unpaired) electrons. The third kappa shape index (κ3) is 6.17. The molecule has 1 amide bonds. The fourth-order valence-electron chi connectivity index (χ4n) is 4.74. The van der Waals surface area contributed by atoms with Crippen molar-refractivity contribution in [3.05, 3.63) is 70.8 Å². The number of carbonyl (C=O) groups excluding carboxylic acids is 1. The highest BCUT2D eigenvalue weighted by Gasteiger charge is 2.33. The van der Waals surface area contributed by atoms with Gasteiger partial charge in [0, 0.05) is 39.8 Å². The van der Waals surface area contributed by atoms with E-state index in [0.29, 0.717) is 6.54 Å². The first-order valence-corrected chi connectivity index (χ1v) is 11.6. The number of benzene rings is 2. The Morgan fingerprint density at radius 3 is 2.06 bits per heavy atom. The van der Waals surface area contributed by atoms with Crippen molar-refractivity contribution in [2.24, 2.45) is 0 Å². The number of amides is 1. The van der Waals surface area contributed by atoms with Crippen LogP contribution in [0.2, 0.25) is 0 Å². The molecule has 0 saturated carbocycles. The summed E-state index contributed by atoms with van der Waals surface area (Å²) in [6, 6.07) is 16.6. The lowest BCUT2D eigenvalue weighted by Crippen LogP contribution is -2.60. The van der Waals surface area contributed by atoms with Crippen LogP contribution in [0.25, 0.3) is 0 Å². The van der Waals surface area contributed by atoms with E-state index in [0.717, 1.165) is 38.2 Å². The summed E-state index contributed by atoms with van der Waals surface area (Å²) in [6.07, 6.45) is 1.02. The van der Waals surface area contributed by atoms with Crippen LogP contribution >= 0.6 is 0 Å². The fraction of sp³-hybridized carbons (Fsp3) is 0.500. The van der Waals surface area contributed by atoms with E-state index in [4.69, 9.17) is 0 Å². The summed E-state index contributed by atoms with van der Waals surface area (Å²) in [6.45, 7) is 8.51. The Hall–Kier alpha value is -2.25. The zero-order chi connectivity index (χ0) is 23.1. The number of carbonyl (C=O) groups is 1. The summed E-state index contributed by atoms with van der Waals surface area (Å²) >= 11 is 0. The number of hydrogen-bond donors (Lipinski definition) is 2. The van der Waals surface area contributed by atoms with Crippen molar-refractivity contribution in [3.63, 3.8) is 0 Å². The Bertz CT molecular complexity index is 840. The van der Waals surface area contributed by atoms with Crippen LogP contribution < -0.4 is 10.6 Å². The van der Waals surface area contributed by atoms with Gasteiger partial charge >= 0.3 is 0 Å². The second-order valence-electron chi connectivity index (χ2n) is 8.87. The Morgan fingerprint density at radius 2 is 1.50 bits per heavy atom. The molecule has 2 aromatic carbocycles. The zero-order valence-electron chi connectivity index (χ0n) is 20.3. The third-order valence-electron chi connectivity index (χ3n) is 6.37. The van der Waals surface area contributed by atoms with Crippen molar-refractivity contribution < 1.29 is 4.79 Å². The van der Waals surface area contributed by atoms with Gasteiger partial charge in [-0.05, 0) is 45.5 Å². The molecule has 1 aliphatic heterocycles. The summed E-state index contributed by atoms with van der Waals surface area (Å²) in [4.78, 5) is 20.3. The zero-order valence-corrected chi connectivity index (χ0v) is 20.3. The molecule has 0 aliphatic carbocycles. The number of aryl methyl sites for hydroxylation is 2. The first-order valence-electron chi connectivity index (χ1n) is 11.6. The van der Waals surface area contributed by atoms with Crippen LogP contribution in [0.4, 0.5) is 0 Å². The van der Waals surface area contributed by atoms with Crippen LogP contribution in [0.15, 0.2) is 48.5 Å². The van der Waals surface area contributed by atoms with Gasteiger partial charge in [-0.25, -0.2) is 0 Å². The number of nitrogens with zero attached hydrogens (tertiary/aromatic N) is 3. The minimum Gasteiger partial charge on any atom is -0.344 e. The van der Waals surface area contributed by atoms with Gasteiger partial charge in [-0.2, -0.15) is 0 Å². The Labute approximate surface area is 193 Å². The molecule has 1 saturated heterocycles. The lowest BCUT2D eigenvalue weighted by molar-refractivity contribution is -0.137. The second-order valence-corrected chi connectivity index (χ2v) is 8.87. The molecule has 1 aliphatic rings. The molecular weight excluding hydrogens is 398 g/mol. The summed E-state index contributed by atoms with van der Waals surface area (Å²) in [5.41, 5.74) is 4.91. The summed E-state index contributed by atoms with van der Waals surface area (Å²) in [5.74, 6) is 0.174. The molecule has 174 valence electrons. The number of nitrogens with one attached hydrogen (secondary N) is 2. The summed E-state index contributed by atoms with van der Waals surface area (Å²) < 4.78 is 0. The van der Waals surface area contributed by atoms with E-state index in [1.807, 2.05) is 44.2 Å². The number of piperazine rings is 1. The largest absolute Gasteiger partial charge is 0.344 e. The van der Waals surface area contributed by atoms with Crippen molar-refractivity contribution in [1.29, 1.82) is 0 Å². The van der Waals surface area contributed by atoms with Gasteiger partial charge in [-0.1, -0.05) is 59.7 Å². The smallest absolute Gasteiger partial charge is 0.244 e. The van der Waals surface area contributed by atoms with Crippen LogP contribution in [0, 0.1) is 13.8 Å². The van der Waals surface area contributed by atoms with E-state index in [2.05, 4.69) is 64.6 Å². The van der Waals surface area contributed by atoms with E-state index < -0.39 is 0 Å². The molecule has 0 spiro atoms. The molecule has 0 bridgehead atoms. The van der Waals surface area contributed by atoms with Crippen molar-refractivity contribution in [1.82, 2.24) is 25.3 Å². The molecule has 1 unspecified atom stereocenters. The van der Waals surface area contributed by atoms with Crippen molar-refractivity contribution in [2.45, 2.75) is 32.6 Å². The van der Waals surface area contributed by atoms with Crippen molar-refractivity contribution in [2.75, 3.05) is 53.9 Å². The number of likely N-dealkylation sites (N-methyl/N-ethyl adjacent to an activating group) is 1. The number of rotatable bonds is 9. The average molecular weight is 438 g/mol. The highest BCUT2D eigenvalue weighted by atomic mass is 16.2. The summed E-state index contributed by atoms with van der Waals surface area (Å²) in [7, 11) is 5.87. The van der Waals surface area contributed by atoms with Gasteiger partial charge in [-0.15, -0.1) is 0 Å². The van der Waals surface area contributed by atoms with Crippen molar-refractivity contribution >= 4 is 5.91 Å². The highest BCUT2D eigenvalue weighted by molar-refractivity contribution is 5.83. The second kappa shape index (κ2) is 11.6. The average Bonchev–Trinajstić information content (AvgIpc) is 2.79. The monoisotopic (exact) mass is 437 g/mol. The maximum atomic E-state index is 13.7. The SMILES string of the molecule is CNC(NC)N1CCN(C(C(=O)N(C)CCc2cc(C)cc(C)c2)c2ccccc2)CC1. The quantitative estimate of drug-likeness (QED) is 0.590. The van der Waals surface area contributed by atoms with Gasteiger partial charge in [0.15, 0.2) is 0 Å². The Balaban J connectivity index is 1.70. The highest BCUT2D eigenvalue weighted by Crippen LogP contribution is 2.25. The molecule has 0 aromatic heterocycles. The van der Waals surface area contributed by atoms with E-state index >= 15 is 0 Å². The topological polar surface area (TPSA) is 50.9 Å². The minimum atomic E-state index is -0.245. The van der Waals surface area contributed by atoms with Crippen LogP contribution in [0.1, 0.15) is 28.3 Å². The van der Waals surface area contributed by atoms with Gasteiger partial charge in [0.05, 0.1) is 0 Å². The molecule has 1 atom stereocenters. The van der Waals surface area contributed by atoms with Crippen molar-refractivity contribution in [3.8, 4) is 0 Å². The first kappa shape index (κ1) is 24.4. The normalized spacial score (nSPS) is 16.3. The van der Waals surface area contributed by atoms with Crippen LogP contribution in [0.3, 0.4) is 0 Å². The van der Waals surface area contributed by atoms with E-state index in [1.54, 1.807) is 0 Å². The molecule has 32 heavy (non-hydrogen) atoms. The molecule has 2 N–H and O–H groups in total. The van der Waals surface area contributed by atoms with E-state index in [-0.39, 0.29) is 18.2 Å². The van der Waals surface area contributed by atoms with Crippen LogP contribution in [-0.4, -0.2) is 80.8 Å². The molecular formula is C26H39N5O. The maximum Gasteiger partial charge on any atom is 0.244 e. The molecule has 2 aromatic rings. The van der Waals surface area contributed by atoms with Gasteiger partial charge < -0.3 is 4.90 Å². The Kier molecular flexibility index (Phi) is 8.82. The van der Waals surface area contributed by atoms with Gasteiger partial charge in [-0.3, -0.25) is 25.2 Å². The van der Waals surface area contributed by atoms with Gasteiger partial charge in [0.2, 0.25) is 5.91 Å². The lowest BCUT2D eigenvalue weighted by Gasteiger charge is -2.42. The van der Waals surface area contributed by atoms with Gasteiger partial charge in [0.1, 0.15) is 12.3 Å². The molecule has 6 heteroatoms. The standard InChI is InChI=1S/C26H39N5O/c1-20-17-21(2)19-22(18-20)11-12-29(5)25(32)24(23-9-7-6-8-10-23)30-13-15-31(16-14-30)26(27-3)28-4/h6-10,17-19,24,26-28H,11-16H2,1-5H3. The lowest BCUT2D eigenvalue weighted by atomic mass is 10.0. The van der Waals surface area contributed by atoms with E-state index in [9.17, 15) is 4.79 Å². The van der Waals surface area contributed by atoms with E-state index in [1.165, 1.54) is 16.7 Å². The predicted octanol–water partition coefficient (Wildman–Crippen LogP) is 2.39. The molecule has 6 nitrogen and oxygen atoms in total. The van der Waals surface area contributed by atoms with Crippen LogP contribution in [0.5, 0.6) is 0 Å². The van der Waals surface area contributed by atoms with Crippen LogP contribution in [-0.2, 0) is 11.2 Å². The maximum absolute atomic E-state index is 13.7. The molecule has 3 rings (SSSR count).